The lowest BCUT2D eigenvalue weighted by Crippen LogP contribution is -2.41. The van der Waals surface area contributed by atoms with E-state index in [1.807, 2.05) is 31.2 Å². The van der Waals surface area contributed by atoms with Crippen molar-refractivity contribution < 1.29 is 9.53 Å². The van der Waals surface area contributed by atoms with Crippen LogP contribution in [-0.4, -0.2) is 31.6 Å². The first-order chi connectivity index (χ1) is 13.5. The molecular formula is C20H24N4O4. The van der Waals surface area contributed by atoms with Crippen LogP contribution in [0.4, 0.5) is 0 Å². The smallest absolute Gasteiger partial charge is 0.332 e. The fourth-order valence-corrected chi connectivity index (χ4v) is 3.18. The quantitative estimate of drug-likeness (QED) is 0.591. The van der Waals surface area contributed by atoms with Gasteiger partial charge < -0.3 is 9.30 Å². The van der Waals surface area contributed by atoms with Crippen molar-refractivity contribution in [3.8, 4) is 5.75 Å². The standard InChI is InChI=1S/C20H24N4O4/c1-4-10-23-18-17(19(26)24(20(23)27)11-9-14(2)25)22(13-21-18)12-15-5-7-16(28-3)8-6-15/h5-8,13H,4,9-12H2,1-3H3. The van der Waals surface area contributed by atoms with Crippen LogP contribution < -0.4 is 16.0 Å². The zero-order valence-corrected chi connectivity index (χ0v) is 16.3. The normalized spacial score (nSPS) is 11.1. The summed E-state index contributed by atoms with van der Waals surface area (Å²) in [6.07, 6.45) is 2.45. The molecule has 0 N–H and O–H groups in total. The number of aromatic nitrogens is 4. The number of nitrogens with zero attached hydrogens (tertiary/aromatic N) is 4. The molecule has 0 saturated carbocycles. The second-order valence-corrected chi connectivity index (χ2v) is 6.74. The van der Waals surface area contributed by atoms with Gasteiger partial charge in [-0.25, -0.2) is 9.78 Å². The van der Waals surface area contributed by atoms with E-state index in [-0.39, 0.29) is 18.7 Å². The van der Waals surface area contributed by atoms with E-state index in [0.717, 1.165) is 22.3 Å². The molecule has 3 aromatic rings. The predicted octanol–water partition coefficient (Wildman–Crippen LogP) is 1.81. The van der Waals surface area contributed by atoms with Gasteiger partial charge in [-0.1, -0.05) is 19.1 Å². The topological polar surface area (TPSA) is 88.1 Å². The number of benzene rings is 1. The predicted molar refractivity (Wildman–Crippen MR) is 106 cm³/mol. The Morgan fingerprint density at radius 3 is 2.43 bits per heavy atom. The van der Waals surface area contributed by atoms with Crippen molar-refractivity contribution >= 4 is 16.9 Å². The fourth-order valence-electron chi connectivity index (χ4n) is 3.18. The Balaban J connectivity index is 2.12. The van der Waals surface area contributed by atoms with E-state index in [9.17, 15) is 14.4 Å². The Hall–Kier alpha value is -3.16. The highest BCUT2D eigenvalue weighted by molar-refractivity contribution is 5.75. The molecule has 0 saturated heterocycles. The number of aryl methyl sites for hydroxylation is 1. The Morgan fingerprint density at radius 2 is 1.82 bits per heavy atom. The Kier molecular flexibility index (Phi) is 5.77. The molecule has 1 aromatic carbocycles. The minimum Gasteiger partial charge on any atom is -0.497 e. The van der Waals surface area contributed by atoms with Crippen LogP contribution in [0.25, 0.3) is 11.2 Å². The van der Waals surface area contributed by atoms with Crippen molar-refractivity contribution in [1.29, 1.82) is 0 Å². The second kappa shape index (κ2) is 8.24. The van der Waals surface area contributed by atoms with Crippen molar-refractivity contribution in [2.24, 2.45) is 0 Å². The molecule has 0 aliphatic carbocycles. The van der Waals surface area contributed by atoms with Crippen LogP contribution in [0.15, 0.2) is 40.2 Å². The lowest BCUT2D eigenvalue weighted by molar-refractivity contribution is -0.117. The van der Waals surface area contributed by atoms with Gasteiger partial charge in [0.15, 0.2) is 11.2 Å². The van der Waals surface area contributed by atoms with Gasteiger partial charge in [-0.3, -0.25) is 18.7 Å². The minimum absolute atomic E-state index is 0.0693. The van der Waals surface area contributed by atoms with Crippen molar-refractivity contribution in [3.63, 3.8) is 0 Å². The lowest BCUT2D eigenvalue weighted by Gasteiger charge is -2.12. The average Bonchev–Trinajstić information content (AvgIpc) is 3.09. The van der Waals surface area contributed by atoms with Crippen molar-refractivity contribution in [2.75, 3.05) is 7.11 Å². The minimum atomic E-state index is -0.421. The zero-order chi connectivity index (χ0) is 20.3. The molecule has 0 bridgehead atoms. The molecule has 0 aliphatic heterocycles. The van der Waals surface area contributed by atoms with E-state index in [2.05, 4.69) is 4.98 Å². The molecule has 0 aliphatic rings. The molecule has 148 valence electrons. The first-order valence-electron chi connectivity index (χ1n) is 9.27. The summed E-state index contributed by atoms with van der Waals surface area (Å²) in [6.45, 7) is 4.36. The van der Waals surface area contributed by atoms with Crippen molar-refractivity contribution in [1.82, 2.24) is 18.7 Å². The van der Waals surface area contributed by atoms with Gasteiger partial charge in [-0.15, -0.1) is 0 Å². The molecule has 0 unspecified atom stereocenters. The van der Waals surface area contributed by atoms with Gasteiger partial charge >= 0.3 is 5.69 Å². The van der Waals surface area contributed by atoms with Crippen LogP contribution in [0.5, 0.6) is 5.75 Å². The third kappa shape index (κ3) is 3.76. The summed E-state index contributed by atoms with van der Waals surface area (Å²) in [5.41, 5.74) is 0.884. The molecule has 2 heterocycles. The van der Waals surface area contributed by atoms with Gasteiger partial charge in [0.2, 0.25) is 0 Å². The Bertz CT molecular complexity index is 1110. The molecule has 0 spiro atoms. The molecule has 3 rings (SSSR count). The van der Waals surface area contributed by atoms with Gasteiger partial charge in [-0.2, -0.15) is 0 Å². The number of Topliss-reactive ketones (excluding diaryl/α,β-unsaturated/α-hetero) is 1. The maximum atomic E-state index is 13.0. The number of hydrogen-bond donors (Lipinski definition) is 0. The van der Waals surface area contributed by atoms with Gasteiger partial charge in [0.25, 0.3) is 5.56 Å². The summed E-state index contributed by atoms with van der Waals surface area (Å²) in [5.74, 6) is 0.683. The van der Waals surface area contributed by atoms with Gasteiger partial charge in [-0.05, 0) is 31.0 Å². The van der Waals surface area contributed by atoms with Gasteiger partial charge in [0, 0.05) is 26.1 Å². The van der Waals surface area contributed by atoms with E-state index in [1.54, 1.807) is 18.0 Å². The molecule has 0 amide bonds. The van der Waals surface area contributed by atoms with E-state index < -0.39 is 11.2 Å². The first kappa shape index (κ1) is 19.6. The number of ketones is 1. The Morgan fingerprint density at radius 1 is 1.11 bits per heavy atom. The number of imidazole rings is 1. The van der Waals surface area contributed by atoms with Crippen LogP contribution in [0.2, 0.25) is 0 Å². The van der Waals surface area contributed by atoms with Crippen molar-refractivity contribution in [2.45, 2.75) is 46.3 Å². The number of methoxy groups -OCH3 is 1. The van der Waals surface area contributed by atoms with Gasteiger partial charge in [0.1, 0.15) is 11.5 Å². The summed E-state index contributed by atoms with van der Waals surface area (Å²) in [7, 11) is 1.61. The highest BCUT2D eigenvalue weighted by Gasteiger charge is 2.18. The third-order valence-electron chi connectivity index (χ3n) is 4.63. The second-order valence-electron chi connectivity index (χ2n) is 6.74. The fraction of sp³-hybridized carbons (Fsp3) is 0.400. The molecule has 0 atom stereocenters. The number of rotatable bonds is 8. The number of carbonyl (C=O) groups excluding carboxylic acids is 1. The number of carbonyl (C=O) groups is 1. The van der Waals surface area contributed by atoms with Crippen LogP contribution in [-0.2, 0) is 24.4 Å². The maximum Gasteiger partial charge on any atom is 0.332 e. The highest BCUT2D eigenvalue weighted by atomic mass is 16.5. The van der Waals surface area contributed by atoms with Crippen LogP contribution >= 0.6 is 0 Å². The molecule has 2 aromatic heterocycles. The van der Waals surface area contributed by atoms with Crippen molar-refractivity contribution in [3.05, 3.63) is 57.0 Å². The molecule has 0 radical (unpaired) electrons. The highest BCUT2D eigenvalue weighted by Crippen LogP contribution is 2.15. The molecular weight excluding hydrogens is 360 g/mol. The van der Waals surface area contributed by atoms with Crippen LogP contribution in [0.3, 0.4) is 0 Å². The zero-order valence-electron chi connectivity index (χ0n) is 16.3. The summed E-state index contributed by atoms with van der Waals surface area (Å²) >= 11 is 0. The summed E-state index contributed by atoms with van der Waals surface area (Å²) < 4.78 is 9.58. The average molecular weight is 384 g/mol. The first-order valence-corrected chi connectivity index (χ1v) is 9.27. The molecule has 28 heavy (non-hydrogen) atoms. The largest absolute Gasteiger partial charge is 0.497 e. The maximum absolute atomic E-state index is 13.0. The summed E-state index contributed by atoms with van der Waals surface area (Å²) in [4.78, 5) is 41.6. The van der Waals surface area contributed by atoms with E-state index in [0.29, 0.717) is 24.3 Å². The monoisotopic (exact) mass is 384 g/mol. The van der Waals surface area contributed by atoms with E-state index in [1.165, 1.54) is 11.5 Å². The van der Waals surface area contributed by atoms with Gasteiger partial charge in [0.05, 0.1) is 13.4 Å². The van der Waals surface area contributed by atoms with E-state index in [4.69, 9.17) is 4.74 Å². The molecule has 8 nitrogen and oxygen atoms in total. The van der Waals surface area contributed by atoms with Crippen LogP contribution in [0, 0.1) is 0 Å². The third-order valence-corrected chi connectivity index (χ3v) is 4.63. The lowest BCUT2D eigenvalue weighted by atomic mass is 10.2. The van der Waals surface area contributed by atoms with E-state index >= 15 is 0 Å². The Labute approximate surface area is 162 Å². The number of ether oxygens (including phenoxy) is 1. The number of fused-ring (bicyclic) bond motifs is 1. The molecule has 8 heteroatoms. The SMILES string of the molecule is CCCn1c(=O)n(CCC(C)=O)c(=O)c2c1ncn2Cc1ccc(OC)cc1. The molecule has 0 fully saturated rings. The number of hydrogen-bond acceptors (Lipinski definition) is 5. The summed E-state index contributed by atoms with van der Waals surface area (Å²) in [6, 6.07) is 7.54. The van der Waals surface area contributed by atoms with Crippen LogP contribution in [0.1, 0.15) is 32.3 Å². The summed E-state index contributed by atoms with van der Waals surface area (Å²) in [5, 5.41) is 0.